The van der Waals surface area contributed by atoms with E-state index in [0.29, 0.717) is 11.5 Å². The van der Waals surface area contributed by atoms with Crippen LogP contribution in [-0.4, -0.2) is 40.0 Å². The van der Waals surface area contributed by atoms with Crippen molar-refractivity contribution in [2.24, 2.45) is 11.7 Å². The largest absolute Gasteiger partial charge is 0.376 e. The van der Waals surface area contributed by atoms with E-state index in [9.17, 15) is 4.79 Å². The fraction of sp³-hybridized carbons (Fsp3) is 0.400. The standard InChI is InChI=1S/C20H22N4O2/c21-20(25)15-4-6-18(12-1-2-12)24(10-14-7-8-26-14)19(15)13-3-5-16-17(9-13)23-11-22-16/h3-6,9,11-12,14,19H,1-2,7-8,10H2,(H2,21,25)(H,22,23)/t14-,19?/m0/s1. The Balaban J connectivity index is 1.59. The highest BCUT2D eigenvalue weighted by Gasteiger charge is 2.39. The average Bonchev–Trinajstić information content (AvgIpc) is 3.34. The van der Waals surface area contributed by atoms with Crippen molar-refractivity contribution >= 4 is 16.9 Å². The van der Waals surface area contributed by atoms with E-state index >= 15 is 0 Å². The Hall–Kier alpha value is -2.60. The molecular formula is C20H22N4O2. The van der Waals surface area contributed by atoms with Crippen LogP contribution in [-0.2, 0) is 9.53 Å². The van der Waals surface area contributed by atoms with Gasteiger partial charge in [0.15, 0.2) is 0 Å². The van der Waals surface area contributed by atoms with Gasteiger partial charge in [-0.05, 0) is 55.0 Å². The van der Waals surface area contributed by atoms with Gasteiger partial charge in [-0.25, -0.2) is 4.98 Å². The molecule has 3 aliphatic rings. The van der Waals surface area contributed by atoms with Gasteiger partial charge in [-0.2, -0.15) is 0 Å². The number of carbonyl (C=O) groups is 1. The van der Waals surface area contributed by atoms with Crippen molar-refractivity contribution in [3.63, 3.8) is 0 Å². The molecule has 134 valence electrons. The van der Waals surface area contributed by atoms with E-state index in [1.807, 2.05) is 12.1 Å². The first-order valence-corrected chi connectivity index (χ1v) is 9.23. The molecule has 1 saturated heterocycles. The summed E-state index contributed by atoms with van der Waals surface area (Å²) in [6.07, 6.45) is 9.39. The number of ether oxygens (including phenoxy) is 1. The number of hydrogen-bond donors (Lipinski definition) is 2. The third-order valence-corrected chi connectivity index (χ3v) is 5.61. The number of nitrogens with two attached hydrogens (primary N) is 1. The van der Waals surface area contributed by atoms with Gasteiger partial charge >= 0.3 is 0 Å². The molecule has 1 aromatic heterocycles. The molecule has 1 aliphatic carbocycles. The van der Waals surface area contributed by atoms with Crippen molar-refractivity contribution < 1.29 is 9.53 Å². The Morgan fingerprint density at radius 1 is 1.31 bits per heavy atom. The number of rotatable bonds is 5. The molecule has 1 aromatic carbocycles. The summed E-state index contributed by atoms with van der Waals surface area (Å²) in [4.78, 5) is 22.0. The zero-order valence-corrected chi connectivity index (χ0v) is 14.5. The SMILES string of the molecule is NC(=O)C1=CC=C(C2CC2)N(C[C@@H]2CCO2)C1c1ccc2nc[nH]c2c1. The van der Waals surface area contributed by atoms with Crippen LogP contribution in [0.4, 0.5) is 0 Å². The maximum Gasteiger partial charge on any atom is 0.247 e. The zero-order valence-electron chi connectivity index (χ0n) is 14.5. The summed E-state index contributed by atoms with van der Waals surface area (Å²) >= 11 is 0. The van der Waals surface area contributed by atoms with Crippen LogP contribution in [0.1, 0.15) is 30.9 Å². The number of hydrogen-bond acceptors (Lipinski definition) is 4. The minimum Gasteiger partial charge on any atom is -0.376 e. The number of nitrogens with zero attached hydrogens (tertiary/aromatic N) is 2. The number of imidazole rings is 1. The third-order valence-electron chi connectivity index (χ3n) is 5.61. The predicted molar refractivity (Wildman–Crippen MR) is 98.0 cm³/mol. The second kappa shape index (κ2) is 5.99. The van der Waals surface area contributed by atoms with Crippen molar-refractivity contribution in [1.29, 1.82) is 0 Å². The fourth-order valence-electron chi connectivity index (χ4n) is 3.99. The summed E-state index contributed by atoms with van der Waals surface area (Å²) in [7, 11) is 0. The van der Waals surface area contributed by atoms with Crippen LogP contribution >= 0.6 is 0 Å². The van der Waals surface area contributed by atoms with Gasteiger partial charge in [0.25, 0.3) is 0 Å². The second-order valence-electron chi connectivity index (χ2n) is 7.37. The van der Waals surface area contributed by atoms with E-state index in [2.05, 4.69) is 33.1 Å². The number of allylic oxidation sites excluding steroid dienone is 3. The maximum atomic E-state index is 12.2. The van der Waals surface area contributed by atoms with Crippen molar-refractivity contribution in [2.75, 3.05) is 13.2 Å². The number of H-pyrrole nitrogens is 1. The lowest BCUT2D eigenvalue weighted by Gasteiger charge is -2.42. The van der Waals surface area contributed by atoms with E-state index < -0.39 is 0 Å². The molecular weight excluding hydrogens is 328 g/mol. The number of primary amides is 1. The van der Waals surface area contributed by atoms with Crippen molar-refractivity contribution in [1.82, 2.24) is 14.9 Å². The van der Waals surface area contributed by atoms with Gasteiger partial charge < -0.3 is 20.4 Å². The molecule has 2 atom stereocenters. The molecule has 1 amide bonds. The van der Waals surface area contributed by atoms with E-state index in [4.69, 9.17) is 10.5 Å². The molecule has 26 heavy (non-hydrogen) atoms. The van der Waals surface area contributed by atoms with E-state index in [0.717, 1.165) is 36.2 Å². The highest BCUT2D eigenvalue weighted by Crippen LogP contribution is 2.45. The van der Waals surface area contributed by atoms with Gasteiger partial charge in [0, 0.05) is 24.4 Å². The van der Waals surface area contributed by atoms with Crippen molar-refractivity contribution in [2.45, 2.75) is 31.4 Å². The highest BCUT2D eigenvalue weighted by atomic mass is 16.5. The predicted octanol–water partition coefficient (Wildman–Crippen LogP) is 2.41. The molecule has 2 aliphatic heterocycles. The minimum atomic E-state index is -0.370. The molecule has 0 spiro atoms. The van der Waals surface area contributed by atoms with Gasteiger partial charge in [0.2, 0.25) is 5.91 Å². The van der Waals surface area contributed by atoms with Crippen molar-refractivity contribution in [3.05, 3.63) is 53.5 Å². The van der Waals surface area contributed by atoms with Gasteiger partial charge in [0.05, 0.1) is 29.5 Å². The number of amides is 1. The Morgan fingerprint density at radius 3 is 2.85 bits per heavy atom. The van der Waals surface area contributed by atoms with Crippen LogP contribution in [0.15, 0.2) is 47.9 Å². The Kier molecular flexibility index (Phi) is 3.60. The quantitative estimate of drug-likeness (QED) is 0.867. The van der Waals surface area contributed by atoms with Crippen LogP contribution in [0.5, 0.6) is 0 Å². The fourth-order valence-corrected chi connectivity index (χ4v) is 3.99. The van der Waals surface area contributed by atoms with E-state index in [1.54, 1.807) is 6.33 Å². The molecule has 3 heterocycles. The first-order chi connectivity index (χ1) is 12.7. The Morgan fingerprint density at radius 2 is 2.15 bits per heavy atom. The van der Waals surface area contributed by atoms with Gasteiger partial charge in [-0.1, -0.05) is 6.07 Å². The third kappa shape index (κ3) is 2.61. The summed E-state index contributed by atoms with van der Waals surface area (Å²) in [6.45, 7) is 1.61. The summed E-state index contributed by atoms with van der Waals surface area (Å²) < 4.78 is 5.70. The highest BCUT2D eigenvalue weighted by molar-refractivity contribution is 5.94. The topological polar surface area (TPSA) is 84.2 Å². The summed E-state index contributed by atoms with van der Waals surface area (Å²) in [5, 5.41) is 0. The lowest BCUT2D eigenvalue weighted by atomic mass is 9.90. The van der Waals surface area contributed by atoms with Crippen LogP contribution in [0.3, 0.4) is 0 Å². The number of aromatic amines is 1. The number of nitrogens with one attached hydrogen (secondary N) is 1. The monoisotopic (exact) mass is 350 g/mol. The summed E-state index contributed by atoms with van der Waals surface area (Å²) in [5.74, 6) is 0.212. The summed E-state index contributed by atoms with van der Waals surface area (Å²) in [6, 6.07) is 5.95. The molecule has 1 saturated carbocycles. The molecule has 0 bridgehead atoms. The Labute approximate surface area is 151 Å². The smallest absolute Gasteiger partial charge is 0.247 e. The van der Waals surface area contributed by atoms with E-state index in [1.165, 1.54) is 18.5 Å². The maximum absolute atomic E-state index is 12.2. The van der Waals surface area contributed by atoms with Crippen LogP contribution < -0.4 is 5.73 Å². The molecule has 6 heteroatoms. The first kappa shape index (κ1) is 15.6. The Bertz CT molecular complexity index is 921. The number of fused-ring (bicyclic) bond motifs is 1. The normalized spacial score (nSPS) is 25.6. The lowest BCUT2D eigenvalue weighted by Crippen LogP contribution is -2.44. The molecule has 2 fully saturated rings. The molecule has 1 unspecified atom stereocenters. The summed E-state index contributed by atoms with van der Waals surface area (Å²) in [5.41, 5.74) is 10.6. The number of benzene rings is 1. The van der Waals surface area contributed by atoms with E-state index in [-0.39, 0.29) is 18.1 Å². The van der Waals surface area contributed by atoms with Gasteiger partial charge in [-0.15, -0.1) is 0 Å². The first-order valence-electron chi connectivity index (χ1n) is 9.23. The minimum absolute atomic E-state index is 0.176. The van der Waals surface area contributed by atoms with Gasteiger partial charge in [0.1, 0.15) is 0 Å². The van der Waals surface area contributed by atoms with Crippen LogP contribution in [0, 0.1) is 5.92 Å². The molecule has 0 radical (unpaired) electrons. The molecule has 6 nitrogen and oxygen atoms in total. The lowest BCUT2D eigenvalue weighted by molar-refractivity contribution is -0.115. The van der Waals surface area contributed by atoms with Crippen molar-refractivity contribution in [3.8, 4) is 0 Å². The average molecular weight is 350 g/mol. The van der Waals surface area contributed by atoms with Crippen LogP contribution in [0.25, 0.3) is 11.0 Å². The zero-order chi connectivity index (χ0) is 17.7. The number of carbonyl (C=O) groups excluding carboxylic acids is 1. The number of aromatic nitrogens is 2. The second-order valence-corrected chi connectivity index (χ2v) is 7.37. The van der Waals surface area contributed by atoms with Crippen LogP contribution in [0.2, 0.25) is 0 Å². The molecule has 5 rings (SSSR count). The van der Waals surface area contributed by atoms with Gasteiger partial charge in [-0.3, -0.25) is 4.79 Å². The molecule has 2 aromatic rings. The molecule has 3 N–H and O–H groups in total.